The van der Waals surface area contributed by atoms with Gasteiger partial charge in [-0.05, 0) is 20.5 Å². The van der Waals surface area contributed by atoms with Gasteiger partial charge in [-0.1, -0.05) is 12.7 Å². The van der Waals surface area contributed by atoms with Crippen LogP contribution in [0.25, 0.3) is 0 Å². The first-order valence-electron chi connectivity index (χ1n) is 6.00. The third-order valence-electron chi connectivity index (χ3n) is 2.88. The Morgan fingerprint density at radius 2 is 2.39 bits per heavy atom. The van der Waals surface area contributed by atoms with E-state index in [0.29, 0.717) is 19.5 Å². The van der Waals surface area contributed by atoms with Crippen molar-refractivity contribution in [2.75, 3.05) is 33.8 Å². The minimum Gasteiger partial charge on any atom is -0.445 e. The Labute approximate surface area is 114 Å². The molecule has 0 radical (unpaired) electrons. The van der Waals surface area contributed by atoms with Crippen LogP contribution in [0, 0.1) is 0 Å². The molecule has 5 nitrogen and oxygen atoms in total. The maximum Gasteiger partial charge on any atom is 0.410 e. The van der Waals surface area contributed by atoms with E-state index in [-0.39, 0.29) is 17.9 Å². The number of likely N-dealkylation sites (N-methyl/N-ethyl adjacent to an activating group) is 1. The van der Waals surface area contributed by atoms with Gasteiger partial charge in [-0.25, -0.2) is 4.79 Å². The summed E-state index contributed by atoms with van der Waals surface area (Å²) in [5.41, 5.74) is 0. The molecule has 3 atom stereocenters. The van der Waals surface area contributed by atoms with Gasteiger partial charge in [-0.2, -0.15) is 12.6 Å². The largest absolute Gasteiger partial charge is 0.445 e. The fraction of sp³-hybridized carbons (Fsp3) is 0.750. The van der Waals surface area contributed by atoms with Gasteiger partial charge in [0.05, 0.1) is 12.1 Å². The second-order valence-corrected chi connectivity index (χ2v) is 5.53. The van der Waals surface area contributed by atoms with Gasteiger partial charge in [0.2, 0.25) is 0 Å². The number of ether oxygens (including phenoxy) is 1. The van der Waals surface area contributed by atoms with Gasteiger partial charge >= 0.3 is 6.09 Å². The second kappa shape index (κ2) is 7.01. The van der Waals surface area contributed by atoms with Crippen LogP contribution in [0.2, 0.25) is 0 Å². The van der Waals surface area contributed by atoms with E-state index in [0.717, 1.165) is 0 Å². The SMILES string of the molecule is C=CCOC(=O)N1C[C@@H](S)C[C@H]1C(O)CN(C)C. The Balaban J connectivity index is 2.63. The summed E-state index contributed by atoms with van der Waals surface area (Å²) in [6.45, 7) is 4.70. The topological polar surface area (TPSA) is 53.0 Å². The van der Waals surface area contributed by atoms with Crippen molar-refractivity contribution in [1.82, 2.24) is 9.80 Å². The van der Waals surface area contributed by atoms with Crippen LogP contribution in [0.4, 0.5) is 4.79 Å². The normalized spacial score (nSPS) is 25.3. The minimum absolute atomic E-state index is 0.0862. The van der Waals surface area contributed by atoms with Gasteiger partial charge in [0.25, 0.3) is 0 Å². The number of carbonyl (C=O) groups is 1. The van der Waals surface area contributed by atoms with Crippen molar-refractivity contribution in [2.24, 2.45) is 0 Å². The van der Waals surface area contributed by atoms with E-state index in [1.54, 1.807) is 4.90 Å². The summed E-state index contributed by atoms with van der Waals surface area (Å²) in [6, 6.07) is -0.229. The molecular weight excluding hydrogens is 252 g/mol. The molecule has 1 unspecified atom stereocenters. The average molecular weight is 274 g/mol. The van der Waals surface area contributed by atoms with Crippen molar-refractivity contribution in [3.8, 4) is 0 Å². The first kappa shape index (κ1) is 15.3. The number of hydrogen-bond donors (Lipinski definition) is 2. The Morgan fingerprint density at radius 3 is 2.94 bits per heavy atom. The van der Waals surface area contributed by atoms with Crippen molar-refractivity contribution in [2.45, 2.75) is 23.8 Å². The number of nitrogens with zero attached hydrogens (tertiary/aromatic N) is 2. The highest BCUT2D eigenvalue weighted by atomic mass is 32.1. The molecule has 0 bridgehead atoms. The minimum atomic E-state index is -0.589. The van der Waals surface area contributed by atoms with Crippen LogP contribution in [0.15, 0.2) is 12.7 Å². The molecule has 1 aliphatic heterocycles. The number of amides is 1. The predicted octanol–water partition coefficient (Wildman–Crippen LogP) is 0.604. The molecule has 6 heteroatoms. The lowest BCUT2D eigenvalue weighted by Gasteiger charge is -2.29. The molecule has 1 heterocycles. The highest BCUT2D eigenvalue weighted by Gasteiger charge is 2.38. The monoisotopic (exact) mass is 274 g/mol. The van der Waals surface area contributed by atoms with Crippen molar-refractivity contribution in [3.05, 3.63) is 12.7 Å². The summed E-state index contributed by atoms with van der Waals surface area (Å²) >= 11 is 4.39. The standard InChI is InChI=1S/C12H22N2O3S/c1-4-5-17-12(16)14-7-9(18)6-10(14)11(15)8-13(2)3/h4,9-11,15,18H,1,5-8H2,2-3H3/t9-,10-,11?/m0/s1. The molecule has 1 rings (SSSR count). The molecular formula is C12H22N2O3S. The van der Waals surface area contributed by atoms with Crippen LogP contribution in [-0.4, -0.2) is 72.2 Å². The fourth-order valence-electron chi connectivity index (χ4n) is 2.13. The number of rotatable bonds is 5. The lowest BCUT2D eigenvalue weighted by Crippen LogP contribution is -2.46. The average Bonchev–Trinajstić information content (AvgIpc) is 2.67. The molecule has 0 aromatic heterocycles. The first-order valence-corrected chi connectivity index (χ1v) is 6.52. The van der Waals surface area contributed by atoms with Crippen molar-refractivity contribution in [1.29, 1.82) is 0 Å². The summed E-state index contributed by atoms with van der Waals surface area (Å²) in [5.74, 6) is 0. The molecule has 1 aliphatic rings. The number of hydrogen-bond acceptors (Lipinski definition) is 5. The predicted molar refractivity (Wildman–Crippen MR) is 74.0 cm³/mol. The molecule has 0 aromatic rings. The molecule has 1 saturated heterocycles. The maximum absolute atomic E-state index is 11.8. The van der Waals surface area contributed by atoms with Crippen LogP contribution < -0.4 is 0 Å². The summed E-state index contributed by atoms with van der Waals surface area (Å²) < 4.78 is 5.02. The highest BCUT2D eigenvalue weighted by Crippen LogP contribution is 2.25. The Morgan fingerprint density at radius 1 is 1.72 bits per heavy atom. The zero-order valence-electron chi connectivity index (χ0n) is 11.0. The van der Waals surface area contributed by atoms with E-state index >= 15 is 0 Å². The molecule has 0 spiro atoms. The lowest BCUT2D eigenvalue weighted by atomic mass is 10.1. The van der Waals surface area contributed by atoms with Gasteiger partial charge in [0.15, 0.2) is 0 Å². The molecule has 1 amide bonds. The van der Waals surface area contributed by atoms with Crippen LogP contribution in [0.3, 0.4) is 0 Å². The molecule has 104 valence electrons. The van der Waals surface area contributed by atoms with Crippen LogP contribution >= 0.6 is 12.6 Å². The molecule has 0 saturated carbocycles. The Kier molecular flexibility index (Phi) is 5.98. The van der Waals surface area contributed by atoms with Gasteiger partial charge in [0, 0.05) is 18.3 Å². The molecule has 0 aliphatic carbocycles. The molecule has 1 fully saturated rings. The Hall–Kier alpha value is -0.720. The number of thiol groups is 1. The quantitative estimate of drug-likeness (QED) is 0.569. The summed E-state index contributed by atoms with van der Waals surface area (Å²) in [7, 11) is 3.77. The summed E-state index contributed by atoms with van der Waals surface area (Å²) in [6.07, 6.45) is 1.21. The highest BCUT2D eigenvalue weighted by molar-refractivity contribution is 7.81. The first-order chi connectivity index (χ1) is 8.45. The van der Waals surface area contributed by atoms with Gasteiger partial charge in [-0.3, -0.25) is 0 Å². The van der Waals surface area contributed by atoms with Gasteiger partial charge in [0.1, 0.15) is 6.61 Å². The third-order valence-corrected chi connectivity index (χ3v) is 3.25. The van der Waals surface area contributed by atoms with Crippen molar-refractivity contribution < 1.29 is 14.6 Å². The zero-order chi connectivity index (χ0) is 13.7. The van der Waals surface area contributed by atoms with E-state index < -0.39 is 12.2 Å². The molecule has 1 N–H and O–H groups in total. The fourth-order valence-corrected chi connectivity index (χ4v) is 2.52. The zero-order valence-corrected chi connectivity index (χ0v) is 11.8. The van der Waals surface area contributed by atoms with E-state index in [4.69, 9.17) is 4.74 Å². The number of likely N-dealkylation sites (tertiary alicyclic amines) is 1. The van der Waals surface area contributed by atoms with Gasteiger partial charge in [-0.15, -0.1) is 0 Å². The number of aliphatic hydroxyl groups excluding tert-OH is 1. The second-order valence-electron chi connectivity index (χ2n) is 4.80. The van der Waals surface area contributed by atoms with Crippen molar-refractivity contribution in [3.63, 3.8) is 0 Å². The van der Waals surface area contributed by atoms with E-state index in [1.807, 2.05) is 19.0 Å². The lowest BCUT2D eigenvalue weighted by molar-refractivity contribution is 0.0427. The summed E-state index contributed by atoms with van der Waals surface area (Å²) in [5, 5.41) is 10.2. The molecule has 18 heavy (non-hydrogen) atoms. The van der Waals surface area contributed by atoms with Crippen LogP contribution in [0.1, 0.15) is 6.42 Å². The smallest absolute Gasteiger partial charge is 0.410 e. The van der Waals surface area contributed by atoms with Gasteiger partial charge < -0.3 is 19.6 Å². The third kappa shape index (κ3) is 4.19. The Bertz CT molecular complexity index is 299. The molecule has 0 aromatic carbocycles. The van der Waals surface area contributed by atoms with E-state index in [9.17, 15) is 9.90 Å². The van der Waals surface area contributed by atoms with Crippen LogP contribution in [-0.2, 0) is 4.74 Å². The maximum atomic E-state index is 11.8. The number of carbonyl (C=O) groups excluding carboxylic acids is 1. The number of aliphatic hydroxyl groups is 1. The van der Waals surface area contributed by atoms with Crippen molar-refractivity contribution >= 4 is 18.7 Å². The van der Waals surface area contributed by atoms with E-state index in [2.05, 4.69) is 19.2 Å². The summed E-state index contributed by atoms with van der Waals surface area (Å²) in [4.78, 5) is 15.3. The van der Waals surface area contributed by atoms with E-state index in [1.165, 1.54) is 6.08 Å². The van der Waals surface area contributed by atoms with Crippen LogP contribution in [0.5, 0.6) is 0 Å².